The van der Waals surface area contributed by atoms with Crippen LogP contribution in [0.2, 0.25) is 0 Å². The zero-order valence-electron chi connectivity index (χ0n) is 18.3. The lowest BCUT2D eigenvalue weighted by molar-refractivity contribution is -0.119. The third kappa shape index (κ3) is 7.11. The Morgan fingerprint density at radius 3 is 2.33 bits per heavy atom. The Kier molecular flexibility index (Phi) is 8.49. The maximum absolute atomic E-state index is 12.4. The Labute approximate surface area is 197 Å². The minimum absolute atomic E-state index is 0.00612. The van der Waals surface area contributed by atoms with Crippen LogP contribution in [0.25, 0.3) is 10.8 Å². The van der Waals surface area contributed by atoms with E-state index in [1.54, 1.807) is 24.3 Å². The van der Waals surface area contributed by atoms with E-state index in [0.29, 0.717) is 17.7 Å². The Morgan fingerprint density at radius 2 is 1.58 bits per heavy atom. The normalized spacial score (nSPS) is 10.3. The SMILES string of the molecule is CCCCC(=O)Nc1ccc(C(=O)NNC(=S)NC(=O)Cc2cccc3ccccc23)cc1. The molecule has 3 amide bonds. The van der Waals surface area contributed by atoms with Gasteiger partial charge in [-0.1, -0.05) is 55.8 Å². The molecule has 3 aromatic carbocycles. The van der Waals surface area contributed by atoms with Gasteiger partial charge in [0.25, 0.3) is 5.91 Å². The van der Waals surface area contributed by atoms with Gasteiger partial charge in [0.05, 0.1) is 6.42 Å². The van der Waals surface area contributed by atoms with Gasteiger partial charge in [-0.2, -0.15) is 0 Å². The fourth-order valence-electron chi connectivity index (χ4n) is 3.27. The zero-order chi connectivity index (χ0) is 23.6. The largest absolute Gasteiger partial charge is 0.326 e. The third-order valence-corrected chi connectivity index (χ3v) is 5.17. The standard InChI is InChI=1S/C25H26N4O3S/c1-2-3-11-22(30)26-20-14-12-18(13-15-20)24(32)28-29-25(33)27-23(31)16-19-9-6-8-17-7-4-5-10-21(17)19/h4-10,12-15H,2-3,11,16H2,1H3,(H,26,30)(H,28,32)(H2,27,29,31,33). The van der Waals surface area contributed by atoms with Crippen LogP contribution in [0, 0.1) is 0 Å². The van der Waals surface area contributed by atoms with Crippen molar-refractivity contribution in [3.8, 4) is 0 Å². The van der Waals surface area contributed by atoms with Crippen molar-refractivity contribution in [3.05, 3.63) is 77.9 Å². The molecule has 0 aliphatic rings. The summed E-state index contributed by atoms with van der Waals surface area (Å²) in [6.45, 7) is 2.02. The first-order valence-electron chi connectivity index (χ1n) is 10.7. The Hall–Kier alpha value is -3.78. The van der Waals surface area contributed by atoms with Crippen LogP contribution in [0.3, 0.4) is 0 Å². The van der Waals surface area contributed by atoms with Crippen LogP contribution in [0.1, 0.15) is 42.1 Å². The molecule has 0 atom stereocenters. The predicted octanol–water partition coefficient (Wildman–Crippen LogP) is 3.85. The number of hydrazine groups is 1. The summed E-state index contributed by atoms with van der Waals surface area (Å²) < 4.78 is 0. The molecule has 0 radical (unpaired) electrons. The monoisotopic (exact) mass is 462 g/mol. The van der Waals surface area contributed by atoms with Crippen LogP contribution in [0.15, 0.2) is 66.7 Å². The van der Waals surface area contributed by atoms with Crippen LogP contribution >= 0.6 is 12.2 Å². The van der Waals surface area contributed by atoms with Gasteiger partial charge in [-0.15, -0.1) is 0 Å². The third-order valence-electron chi connectivity index (χ3n) is 4.96. The quantitative estimate of drug-likeness (QED) is 0.316. The van der Waals surface area contributed by atoms with Crippen LogP contribution in [0.4, 0.5) is 5.69 Å². The molecule has 0 aromatic heterocycles. The smallest absolute Gasteiger partial charge is 0.269 e. The lowest BCUT2D eigenvalue weighted by Gasteiger charge is -2.12. The van der Waals surface area contributed by atoms with E-state index in [1.807, 2.05) is 49.4 Å². The summed E-state index contributed by atoms with van der Waals surface area (Å²) >= 11 is 5.11. The number of anilines is 1. The molecule has 0 unspecified atom stereocenters. The highest BCUT2D eigenvalue weighted by molar-refractivity contribution is 7.80. The molecule has 0 spiro atoms. The second kappa shape index (κ2) is 11.7. The van der Waals surface area contributed by atoms with Gasteiger partial charge in [0, 0.05) is 17.7 Å². The van der Waals surface area contributed by atoms with Crippen molar-refractivity contribution in [3.63, 3.8) is 0 Å². The van der Waals surface area contributed by atoms with E-state index in [4.69, 9.17) is 12.2 Å². The first kappa shape index (κ1) is 23.9. The number of nitrogens with one attached hydrogen (secondary N) is 4. The Morgan fingerprint density at radius 1 is 0.848 bits per heavy atom. The molecule has 4 N–H and O–H groups in total. The highest BCUT2D eigenvalue weighted by atomic mass is 32.1. The van der Waals surface area contributed by atoms with Gasteiger partial charge in [0.1, 0.15) is 0 Å². The summed E-state index contributed by atoms with van der Waals surface area (Å²) in [5.74, 6) is -0.772. The first-order valence-corrected chi connectivity index (χ1v) is 11.1. The molecule has 7 nitrogen and oxygen atoms in total. The summed E-state index contributed by atoms with van der Waals surface area (Å²) in [7, 11) is 0. The van der Waals surface area contributed by atoms with Crippen LogP contribution < -0.4 is 21.5 Å². The van der Waals surface area contributed by atoms with Gasteiger partial charge >= 0.3 is 0 Å². The second-order valence-electron chi connectivity index (χ2n) is 7.50. The maximum Gasteiger partial charge on any atom is 0.269 e. The average Bonchev–Trinajstić information content (AvgIpc) is 2.82. The number of hydrogen-bond donors (Lipinski definition) is 4. The number of amides is 3. The molecular weight excluding hydrogens is 436 g/mol. The molecule has 170 valence electrons. The maximum atomic E-state index is 12.4. The van der Waals surface area contributed by atoms with E-state index < -0.39 is 5.91 Å². The summed E-state index contributed by atoms with van der Waals surface area (Å²) in [5.41, 5.74) is 6.87. The highest BCUT2D eigenvalue weighted by Crippen LogP contribution is 2.18. The second-order valence-corrected chi connectivity index (χ2v) is 7.91. The number of hydrogen-bond acceptors (Lipinski definition) is 4. The number of benzene rings is 3. The van der Waals surface area contributed by atoms with Gasteiger partial charge in [0.15, 0.2) is 5.11 Å². The molecule has 0 aliphatic carbocycles. The van der Waals surface area contributed by atoms with Gasteiger partial charge in [0.2, 0.25) is 11.8 Å². The molecule has 33 heavy (non-hydrogen) atoms. The summed E-state index contributed by atoms with van der Waals surface area (Å²) in [5, 5.41) is 7.42. The molecule has 0 aliphatic heterocycles. The van der Waals surface area contributed by atoms with Crippen molar-refractivity contribution in [2.75, 3.05) is 5.32 Å². The van der Waals surface area contributed by atoms with Crippen molar-refractivity contribution in [2.24, 2.45) is 0 Å². The van der Waals surface area contributed by atoms with Gasteiger partial charge in [-0.3, -0.25) is 25.2 Å². The van der Waals surface area contributed by atoms with Crippen LogP contribution in [0.5, 0.6) is 0 Å². The van der Waals surface area contributed by atoms with E-state index in [0.717, 1.165) is 29.2 Å². The van der Waals surface area contributed by atoms with E-state index in [2.05, 4.69) is 21.5 Å². The highest BCUT2D eigenvalue weighted by Gasteiger charge is 2.11. The summed E-state index contributed by atoms with van der Waals surface area (Å²) in [6, 6.07) is 20.1. The van der Waals surface area contributed by atoms with Crippen molar-refractivity contribution >= 4 is 51.5 Å². The molecule has 0 saturated carbocycles. The van der Waals surface area contributed by atoms with Crippen LogP contribution in [-0.2, 0) is 16.0 Å². The number of unbranched alkanes of at least 4 members (excludes halogenated alkanes) is 1. The molecule has 0 heterocycles. The Balaban J connectivity index is 1.46. The molecular formula is C25H26N4O3S. The van der Waals surface area contributed by atoms with Crippen molar-refractivity contribution in [1.29, 1.82) is 0 Å². The molecule has 3 aromatic rings. The molecule has 0 saturated heterocycles. The van der Waals surface area contributed by atoms with Gasteiger partial charge in [-0.05, 0) is 59.2 Å². The molecule has 3 rings (SSSR count). The average molecular weight is 463 g/mol. The number of carbonyl (C=O) groups is 3. The number of carbonyl (C=O) groups excluding carboxylic acids is 3. The number of fused-ring (bicyclic) bond motifs is 1. The lowest BCUT2D eigenvalue weighted by Crippen LogP contribution is -2.48. The van der Waals surface area contributed by atoms with Crippen LogP contribution in [-0.4, -0.2) is 22.8 Å². The molecule has 0 bridgehead atoms. The predicted molar refractivity (Wildman–Crippen MR) is 134 cm³/mol. The van der Waals surface area contributed by atoms with E-state index in [1.165, 1.54) is 0 Å². The number of thiocarbonyl (C=S) groups is 1. The molecule has 0 fully saturated rings. The summed E-state index contributed by atoms with van der Waals surface area (Å²) in [6.07, 6.45) is 2.40. The lowest BCUT2D eigenvalue weighted by atomic mass is 10.0. The zero-order valence-corrected chi connectivity index (χ0v) is 19.1. The Bertz CT molecular complexity index is 1160. The minimum Gasteiger partial charge on any atom is -0.326 e. The van der Waals surface area contributed by atoms with E-state index in [-0.39, 0.29) is 23.3 Å². The number of rotatable bonds is 7. The summed E-state index contributed by atoms with van der Waals surface area (Å²) in [4.78, 5) is 36.5. The fourth-order valence-corrected chi connectivity index (χ4v) is 3.44. The topological polar surface area (TPSA) is 99.3 Å². The van der Waals surface area contributed by atoms with Gasteiger partial charge in [-0.25, -0.2) is 0 Å². The van der Waals surface area contributed by atoms with Crippen molar-refractivity contribution in [1.82, 2.24) is 16.2 Å². The first-order chi connectivity index (χ1) is 16.0. The fraction of sp³-hybridized carbons (Fsp3) is 0.200. The van der Waals surface area contributed by atoms with Gasteiger partial charge < -0.3 is 10.6 Å². The minimum atomic E-state index is -0.426. The van der Waals surface area contributed by atoms with E-state index in [9.17, 15) is 14.4 Å². The van der Waals surface area contributed by atoms with Crippen molar-refractivity contribution in [2.45, 2.75) is 32.6 Å². The van der Waals surface area contributed by atoms with Crippen molar-refractivity contribution < 1.29 is 14.4 Å². The molecule has 8 heteroatoms. The van der Waals surface area contributed by atoms with E-state index >= 15 is 0 Å².